The van der Waals surface area contributed by atoms with Gasteiger partial charge in [-0.1, -0.05) is 30.3 Å². The molecular weight excluding hydrogens is 307 g/mol. The van der Waals surface area contributed by atoms with Crippen LogP contribution in [0.2, 0.25) is 0 Å². The van der Waals surface area contributed by atoms with Gasteiger partial charge in [0, 0.05) is 12.5 Å². The van der Waals surface area contributed by atoms with Gasteiger partial charge in [0.1, 0.15) is 5.56 Å². The van der Waals surface area contributed by atoms with Crippen LogP contribution in [0.4, 0.5) is 13.2 Å². The van der Waals surface area contributed by atoms with Gasteiger partial charge in [-0.25, -0.2) is 0 Å². The molecule has 0 fully saturated rings. The van der Waals surface area contributed by atoms with Crippen LogP contribution >= 0.6 is 0 Å². The summed E-state index contributed by atoms with van der Waals surface area (Å²) in [5.74, 6) is -2.15. The van der Waals surface area contributed by atoms with Crippen molar-refractivity contribution in [3.8, 4) is 11.5 Å². The molecular formula is C17H16F3NO2. The number of hydrogen-bond donors (Lipinski definition) is 3. The number of phenolic OH excluding ortho intramolecular Hbond substituents is 2. The van der Waals surface area contributed by atoms with Crippen molar-refractivity contribution in [1.82, 2.24) is 5.32 Å². The molecule has 0 aliphatic carbocycles. The van der Waals surface area contributed by atoms with Crippen molar-refractivity contribution in [2.75, 3.05) is 13.1 Å². The first-order valence-electron chi connectivity index (χ1n) is 7.30. The molecule has 23 heavy (non-hydrogen) atoms. The minimum Gasteiger partial charge on any atom is -0.504 e. The number of nitrogens with one attached hydrogen (secondary N) is 1. The maximum Gasteiger partial charge on any atom is 0.420 e. The van der Waals surface area contributed by atoms with E-state index in [9.17, 15) is 23.4 Å². The summed E-state index contributed by atoms with van der Waals surface area (Å²) in [5.41, 5.74) is 0.189. The minimum absolute atomic E-state index is 0.0478. The molecule has 0 bridgehead atoms. The molecule has 1 heterocycles. The van der Waals surface area contributed by atoms with Crippen molar-refractivity contribution in [3.63, 3.8) is 0 Å². The molecule has 3 nitrogen and oxygen atoms in total. The molecule has 3 rings (SSSR count). The Morgan fingerprint density at radius 2 is 1.78 bits per heavy atom. The first kappa shape index (κ1) is 15.7. The predicted molar refractivity (Wildman–Crippen MR) is 79.6 cm³/mol. The maximum absolute atomic E-state index is 13.4. The SMILES string of the molecule is Oc1cc2c(c(C(F)(F)F)c1O)CCNCC2c1ccccc1. The molecule has 1 aliphatic heterocycles. The summed E-state index contributed by atoms with van der Waals surface area (Å²) < 4.78 is 40.2. The summed E-state index contributed by atoms with van der Waals surface area (Å²) in [6, 6.07) is 10.4. The standard InChI is InChI=1S/C17H16F3NO2/c18-17(19,20)15-11-6-7-21-9-13(10-4-2-1-3-5-10)12(11)8-14(22)16(15)23/h1-5,8,13,21-23H,6-7,9H2. The molecule has 2 aromatic rings. The van der Waals surface area contributed by atoms with Crippen LogP contribution in [0, 0.1) is 0 Å². The second-order valence-electron chi connectivity index (χ2n) is 5.60. The van der Waals surface area contributed by atoms with E-state index in [0.717, 1.165) is 5.56 Å². The summed E-state index contributed by atoms with van der Waals surface area (Å²) in [4.78, 5) is 0. The normalized spacial score (nSPS) is 18.3. The van der Waals surface area contributed by atoms with Crippen molar-refractivity contribution in [2.45, 2.75) is 18.5 Å². The van der Waals surface area contributed by atoms with E-state index in [0.29, 0.717) is 18.7 Å². The van der Waals surface area contributed by atoms with Crippen LogP contribution in [0.1, 0.15) is 28.2 Å². The quantitative estimate of drug-likeness (QED) is 0.705. The highest BCUT2D eigenvalue weighted by molar-refractivity contribution is 5.57. The van der Waals surface area contributed by atoms with E-state index >= 15 is 0 Å². The summed E-state index contributed by atoms with van der Waals surface area (Å²) in [7, 11) is 0. The van der Waals surface area contributed by atoms with Crippen molar-refractivity contribution >= 4 is 0 Å². The van der Waals surface area contributed by atoms with Crippen LogP contribution < -0.4 is 5.32 Å². The molecule has 0 aromatic heterocycles. The topological polar surface area (TPSA) is 52.5 Å². The lowest BCUT2D eigenvalue weighted by Gasteiger charge is -2.22. The number of fused-ring (bicyclic) bond motifs is 1. The fourth-order valence-electron chi connectivity index (χ4n) is 3.16. The molecule has 0 saturated carbocycles. The van der Waals surface area contributed by atoms with Crippen LogP contribution in [-0.2, 0) is 12.6 Å². The summed E-state index contributed by atoms with van der Waals surface area (Å²) in [5, 5.41) is 22.7. The van der Waals surface area contributed by atoms with Gasteiger partial charge in [-0.15, -0.1) is 0 Å². The second-order valence-corrected chi connectivity index (χ2v) is 5.60. The monoisotopic (exact) mass is 323 g/mol. The number of halogens is 3. The van der Waals surface area contributed by atoms with E-state index in [4.69, 9.17) is 0 Å². The van der Waals surface area contributed by atoms with Gasteiger partial charge < -0.3 is 15.5 Å². The van der Waals surface area contributed by atoms with E-state index < -0.39 is 23.2 Å². The highest BCUT2D eigenvalue weighted by Gasteiger charge is 2.40. The molecule has 0 amide bonds. The van der Waals surface area contributed by atoms with Crippen LogP contribution in [0.3, 0.4) is 0 Å². The molecule has 1 unspecified atom stereocenters. The Bertz CT molecular complexity index is 714. The lowest BCUT2D eigenvalue weighted by atomic mass is 9.85. The average molecular weight is 323 g/mol. The van der Waals surface area contributed by atoms with Crippen LogP contribution in [0.5, 0.6) is 11.5 Å². The van der Waals surface area contributed by atoms with Crippen LogP contribution in [0.25, 0.3) is 0 Å². The van der Waals surface area contributed by atoms with Gasteiger partial charge in [-0.3, -0.25) is 0 Å². The number of phenols is 2. The molecule has 0 saturated heterocycles. The smallest absolute Gasteiger partial charge is 0.420 e. The van der Waals surface area contributed by atoms with E-state index in [1.807, 2.05) is 30.3 Å². The molecule has 122 valence electrons. The summed E-state index contributed by atoms with van der Waals surface area (Å²) >= 11 is 0. The van der Waals surface area contributed by atoms with E-state index in [1.54, 1.807) is 0 Å². The fourth-order valence-corrected chi connectivity index (χ4v) is 3.16. The summed E-state index contributed by atoms with van der Waals surface area (Å²) in [6.45, 7) is 0.849. The lowest BCUT2D eigenvalue weighted by molar-refractivity contribution is -0.139. The lowest BCUT2D eigenvalue weighted by Crippen LogP contribution is -2.20. The first-order valence-corrected chi connectivity index (χ1v) is 7.30. The molecule has 0 radical (unpaired) electrons. The Kier molecular flexibility index (Phi) is 3.93. The highest BCUT2D eigenvalue weighted by Crippen LogP contribution is 2.47. The molecule has 6 heteroatoms. The molecule has 1 atom stereocenters. The van der Waals surface area contributed by atoms with Crippen LogP contribution in [-0.4, -0.2) is 23.3 Å². The van der Waals surface area contributed by atoms with Crippen LogP contribution in [0.15, 0.2) is 36.4 Å². The van der Waals surface area contributed by atoms with E-state index in [2.05, 4.69) is 5.32 Å². The van der Waals surface area contributed by atoms with Gasteiger partial charge in [0.2, 0.25) is 0 Å². The molecule has 2 aromatic carbocycles. The average Bonchev–Trinajstić information content (AvgIpc) is 2.70. The zero-order chi connectivity index (χ0) is 16.6. The predicted octanol–water partition coefficient (Wildman–Crippen LogP) is 3.39. The third kappa shape index (κ3) is 2.86. The zero-order valence-corrected chi connectivity index (χ0v) is 12.2. The number of alkyl halides is 3. The van der Waals surface area contributed by atoms with Gasteiger partial charge in [-0.05, 0) is 35.7 Å². The maximum atomic E-state index is 13.4. The summed E-state index contributed by atoms with van der Waals surface area (Å²) in [6.07, 6.45) is -4.58. The van der Waals surface area contributed by atoms with E-state index in [1.165, 1.54) is 6.07 Å². The first-order chi connectivity index (χ1) is 10.9. The Morgan fingerprint density at radius 3 is 2.43 bits per heavy atom. The largest absolute Gasteiger partial charge is 0.504 e. The van der Waals surface area contributed by atoms with Gasteiger partial charge in [-0.2, -0.15) is 13.2 Å². The number of hydrogen-bond acceptors (Lipinski definition) is 3. The number of aromatic hydroxyl groups is 2. The van der Waals surface area contributed by atoms with Crippen molar-refractivity contribution in [2.24, 2.45) is 0 Å². The third-order valence-corrected chi connectivity index (χ3v) is 4.18. The molecule has 3 N–H and O–H groups in total. The number of benzene rings is 2. The second kappa shape index (κ2) is 5.77. The minimum atomic E-state index is -4.72. The van der Waals surface area contributed by atoms with Crippen molar-refractivity contribution < 1.29 is 23.4 Å². The Morgan fingerprint density at radius 1 is 1.09 bits per heavy atom. The van der Waals surface area contributed by atoms with Gasteiger partial charge in [0.05, 0.1) is 0 Å². The molecule has 0 spiro atoms. The van der Waals surface area contributed by atoms with Crippen molar-refractivity contribution in [1.29, 1.82) is 0 Å². The van der Waals surface area contributed by atoms with E-state index in [-0.39, 0.29) is 17.9 Å². The fraction of sp³-hybridized carbons (Fsp3) is 0.294. The zero-order valence-electron chi connectivity index (χ0n) is 12.2. The van der Waals surface area contributed by atoms with Gasteiger partial charge in [0.25, 0.3) is 0 Å². The van der Waals surface area contributed by atoms with Gasteiger partial charge in [0.15, 0.2) is 11.5 Å². The Hall–Kier alpha value is -2.21. The van der Waals surface area contributed by atoms with Crippen molar-refractivity contribution in [3.05, 3.63) is 58.7 Å². The third-order valence-electron chi connectivity index (χ3n) is 4.18. The Labute approximate surface area is 131 Å². The molecule has 1 aliphatic rings. The highest BCUT2D eigenvalue weighted by atomic mass is 19.4. The Balaban J connectivity index is 2.25. The number of rotatable bonds is 1. The van der Waals surface area contributed by atoms with Gasteiger partial charge >= 0.3 is 6.18 Å².